The fraction of sp³-hybridized carbons (Fsp3) is 0.350. The molecule has 2 aromatic rings. The molecule has 0 saturated heterocycles. The van der Waals surface area contributed by atoms with Gasteiger partial charge in [0.05, 0.1) is 5.69 Å². The standard InChI is InChI=1S/C20H25N3O4/c1-20(2,3)27-19(26)22-16(12-14-8-6-5-7-9-14)18(25)21-15-10-11-17(24)23(4)13-15/h5-11,13,16H,12H2,1-4H3,(H,21,25)(H,22,26). The molecule has 0 fully saturated rings. The van der Waals surface area contributed by atoms with Crippen molar-refractivity contribution < 1.29 is 14.3 Å². The molecule has 0 radical (unpaired) electrons. The quantitative estimate of drug-likeness (QED) is 0.845. The van der Waals surface area contributed by atoms with E-state index in [9.17, 15) is 14.4 Å². The number of amides is 2. The van der Waals surface area contributed by atoms with Crippen molar-refractivity contribution in [1.82, 2.24) is 9.88 Å². The summed E-state index contributed by atoms with van der Waals surface area (Å²) in [6, 6.07) is 11.4. The highest BCUT2D eigenvalue weighted by Crippen LogP contribution is 2.10. The molecule has 0 saturated carbocycles. The van der Waals surface area contributed by atoms with Gasteiger partial charge in [0.25, 0.3) is 0 Å². The molecular formula is C20H25N3O4. The van der Waals surface area contributed by atoms with E-state index < -0.39 is 23.6 Å². The first kappa shape index (κ1) is 20.2. The average molecular weight is 371 g/mol. The maximum atomic E-state index is 12.7. The van der Waals surface area contributed by atoms with E-state index in [2.05, 4.69) is 10.6 Å². The number of benzene rings is 1. The minimum Gasteiger partial charge on any atom is -0.444 e. The smallest absolute Gasteiger partial charge is 0.408 e. The van der Waals surface area contributed by atoms with E-state index in [0.717, 1.165) is 5.56 Å². The summed E-state index contributed by atoms with van der Waals surface area (Å²) in [6.45, 7) is 5.26. The summed E-state index contributed by atoms with van der Waals surface area (Å²) in [4.78, 5) is 36.4. The number of nitrogens with one attached hydrogen (secondary N) is 2. The molecule has 2 N–H and O–H groups in total. The number of aromatic nitrogens is 1. The summed E-state index contributed by atoms with van der Waals surface area (Å²) < 4.78 is 6.63. The van der Waals surface area contributed by atoms with E-state index >= 15 is 0 Å². The van der Waals surface area contributed by atoms with Crippen molar-refractivity contribution in [3.8, 4) is 0 Å². The summed E-state index contributed by atoms with van der Waals surface area (Å²) in [5.41, 5.74) is 0.510. The van der Waals surface area contributed by atoms with Crippen LogP contribution >= 0.6 is 0 Å². The number of carbonyl (C=O) groups is 2. The molecule has 0 aliphatic carbocycles. The highest BCUT2D eigenvalue weighted by Gasteiger charge is 2.25. The Labute approximate surface area is 158 Å². The zero-order chi connectivity index (χ0) is 20.0. The molecule has 0 aliphatic heterocycles. The molecule has 144 valence electrons. The van der Waals surface area contributed by atoms with Crippen LogP contribution in [0.4, 0.5) is 10.5 Å². The van der Waals surface area contributed by atoms with Gasteiger partial charge in [0.1, 0.15) is 11.6 Å². The lowest BCUT2D eigenvalue weighted by Crippen LogP contribution is -2.47. The summed E-state index contributed by atoms with van der Waals surface area (Å²) in [5, 5.41) is 5.36. The Morgan fingerprint density at radius 1 is 1.11 bits per heavy atom. The predicted molar refractivity (Wildman–Crippen MR) is 104 cm³/mol. The number of anilines is 1. The monoisotopic (exact) mass is 371 g/mol. The van der Waals surface area contributed by atoms with Gasteiger partial charge in [-0.1, -0.05) is 30.3 Å². The highest BCUT2D eigenvalue weighted by molar-refractivity contribution is 5.96. The highest BCUT2D eigenvalue weighted by atomic mass is 16.6. The van der Waals surface area contributed by atoms with Crippen LogP contribution in [0.5, 0.6) is 0 Å². The lowest BCUT2D eigenvalue weighted by atomic mass is 10.1. The first-order valence-corrected chi connectivity index (χ1v) is 8.65. The Kier molecular flexibility index (Phi) is 6.39. The molecule has 7 heteroatoms. The van der Waals surface area contributed by atoms with Gasteiger partial charge in [-0.25, -0.2) is 4.79 Å². The van der Waals surface area contributed by atoms with Crippen LogP contribution in [0.1, 0.15) is 26.3 Å². The van der Waals surface area contributed by atoms with E-state index in [4.69, 9.17) is 4.74 Å². The van der Waals surface area contributed by atoms with Crippen LogP contribution in [-0.2, 0) is 23.0 Å². The van der Waals surface area contributed by atoms with Gasteiger partial charge in [0.2, 0.25) is 11.5 Å². The number of ether oxygens (including phenoxy) is 1. The topological polar surface area (TPSA) is 89.4 Å². The molecule has 0 bridgehead atoms. The predicted octanol–water partition coefficient (Wildman–Crippen LogP) is 2.46. The average Bonchev–Trinajstić information content (AvgIpc) is 2.57. The van der Waals surface area contributed by atoms with Crippen molar-refractivity contribution in [3.63, 3.8) is 0 Å². The van der Waals surface area contributed by atoms with E-state index in [1.807, 2.05) is 30.3 Å². The van der Waals surface area contributed by atoms with Crippen LogP contribution in [0.15, 0.2) is 53.5 Å². The lowest BCUT2D eigenvalue weighted by molar-refractivity contribution is -0.118. The van der Waals surface area contributed by atoms with Crippen LogP contribution in [0.2, 0.25) is 0 Å². The van der Waals surface area contributed by atoms with Crippen molar-refractivity contribution in [2.75, 3.05) is 5.32 Å². The van der Waals surface area contributed by atoms with E-state index in [0.29, 0.717) is 12.1 Å². The number of pyridine rings is 1. The van der Waals surface area contributed by atoms with E-state index in [1.54, 1.807) is 27.8 Å². The second-order valence-electron chi connectivity index (χ2n) is 7.24. The summed E-state index contributed by atoms with van der Waals surface area (Å²) in [5.74, 6) is -0.400. The minimum absolute atomic E-state index is 0.180. The molecule has 2 amide bonds. The molecular weight excluding hydrogens is 346 g/mol. The summed E-state index contributed by atoms with van der Waals surface area (Å²) in [6.07, 6.45) is 1.16. The SMILES string of the molecule is Cn1cc(NC(=O)C(Cc2ccccc2)NC(=O)OC(C)(C)C)ccc1=O. The number of alkyl carbamates (subject to hydrolysis) is 1. The largest absolute Gasteiger partial charge is 0.444 e. The molecule has 0 aliphatic rings. The number of aryl methyl sites for hydroxylation is 1. The zero-order valence-electron chi connectivity index (χ0n) is 16.0. The first-order chi connectivity index (χ1) is 12.6. The third kappa shape index (κ3) is 6.62. The Hall–Kier alpha value is -3.09. The molecule has 1 aromatic heterocycles. The molecule has 7 nitrogen and oxygen atoms in total. The van der Waals surface area contributed by atoms with Gasteiger partial charge in [0.15, 0.2) is 0 Å². The second kappa shape index (κ2) is 8.53. The Morgan fingerprint density at radius 2 is 1.78 bits per heavy atom. The van der Waals surface area contributed by atoms with Gasteiger partial charge in [-0.3, -0.25) is 9.59 Å². The van der Waals surface area contributed by atoms with Crippen molar-refractivity contribution in [2.45, 2.75) is 38.8 Å². The molecule has 1 atom stereocenters. The third-order valence-electron chi connectivity index (χ3n) is 3.64. The zero-order valence-corrected chi connectivity index (χ0v) is 16.0. The fourth-order valence-electron chi connectivity index (χ4n) is 2.41. The lowest BCUT2D eigenvalue weighted by Gasteiger charge is -2.23. The molecule has 0 spiro atoms. The summed E-state index contributed by atoms with van der Waals surface area (Å²) >= 11 is 0. The van der Waals surface area contributed by atoms with Gasteiger partial charge in [-0.15, -0.1) is 0 Å². The number of hydrogen-bond acceptors (Lipinski definition) is 4. The maximum Gasteiger partial charge on any atom is 0.408 e. The number of nitrogens with zero attached hydrogens (tertiary/aromatic N) is 1. The van der Waals surface area contributed by atoms with Crippen LogP contribution in [-0.4, -0.2) is 28.2 Å². The van der Waals surface area contributed by atoms with Crippen molar-refractivity contribution in [3.05, 3.63) is 64.6 Å². The first-order valence-electron chi connectivity index (χ1n) is 8.65. The fourth-order valence-corrected chi connectivity index (χ4v) is 2.41. The van der Waals surface area contributed by atoms with Crippen molar-refractivity contribution in [2.24, 2.45) is 7.05 Å². The Morgan fingerprint density at radius 3 is 2.37 bits per heavy atom. The Balaban J connectivity index is 2.16. The van der Waals surface area contributed by atoms with Crippen LogP contribution in [0.25, 0.3) is 0 Å². The number of hydrogen-bond donors (Lipinski definition) is 2. The molecule has 1 unspecified atom stereocenters. The Bertz CT molecular complexity index is 854. The van der Waals surface area contributed by atoms with Crippen LogP contribution in [0, 0.1) is 0 Å². The normalized spacial score (nSPS) is 12.1. The maximum absolute atomic E-state index is 12.7. The second-order valence-corrected chi connectivity index (χ2v) is 7.24. The van der Waals surface area contributed by atoms with Gasteiger partial charge in [-0.2, -0.15) is 0 Å². The molecule has 1 heterocycles. The summed E-state index contributed by atoms with van der Waals surface area (Å²) in [7, 11) is 1.60. The molecule has 1 aromatic carbocycles. The number of carbonyl (C=O) groups excluding carboxylic acids is 2. The third-order valence-corrected chi connectivity index (χ3v) is 3.64. The van der Waals surface area contributed by atoms with Crippen molar-refractivity contribution >= 4 is 17.7 Å². The van der Waals surface area contributed by atoms with Gasteiger partial charge < -0.3 is 19.9 Å². The van der Waals surface area contributed by atoms with Gasteiger partial charge in [-0.05, 0) is 32.4 Å². The number of rotatable bonds is 5. The molecule has 27 heavy (non-hydrogen) atoms. The van der Waals surface area contributed by atoms with E-state index in [-0.39, 0.29) is 5.56 Å². The molecule has 2 rings (SSSR count). The van der Waals surface area contributed by atoms with Crippen LogP contribution < -0.4 is 16.2 Å². The van der Waals surface area contributed by atoms with Crippen LogP contribution in [0.3, 0.4) is 0 Å². The van der Waals surface area contributed by atoms with E-state index in [1.165, 1.54) is 22.9 Å². The van der Waals surface area contributed by atoms with Crippen molar-refractivity contribution in [1.29, 1.82) is 0 Å². The minimum atomic E-state index is -0.834. The van der Waals surface area contributed by atoms with Gasteiger partial charge >= 0.3 is 6.09 Å². The van der Waals surface area contributed by atoms with Gasteiger partial charge in [0, 0.05) is 25.7 Å².